The Morgan fingerprint density at radius 3 is 2.00 bits per heavy atom. The van der Waals surface area contributed by atoms with Gasteiger partial charge in [-0.3, -0.25) is 0 Å². The third-order valence-electron chi connectivity index (χ3n) is 0.762. The van der Waals surface area contributed by atoms with Crippen LogP contribution in [-0.2, 0) is 0 Å². The van der Waals surface area contributed by atoms with Crippen LogP contribution in [0, 0.1) is 0 Å². The summed E-state index contributed by atoms with van der Waals surface area (Å²) in [6.45, 7) is 2.48. The van der Waals surface area contributed by atoms with Crippen LogP contribution < -0.4 is 0 Å². The summed E-state index contributed by atoms with van der Waals surface area (Å²) in [5, 5.41) is 8.20. The Hall–Kier alpha value is 1.44. The molecule has 0 aliphatic rings. The van der Waals surface area contributed by atoms with Gasteiger partial charge in [0, 0.05) is 52.1 Å². The molecule has 40 valence electrons. The van der Waals surface area contributed by atoms with Crippen molar-refractivity contribution in [3.63, 3.8) is 0 Å². The summed E-state index contributed by atoms with van der Waals surface area (Å²) in [7, 11) is 0. The van der Waals surface area contributed by atoms with Crippen molar-refractivity contribution in [3.05, 3.63) is 0 Å². The van der Waals surface area contributed by atoms with E-state index < -0.39 is 0 Å². The third kappa shape index (κ3) is 11.2. The second-order valence-corrected chi connectivity index (χ2v) is 1.43. The van der Waals surface area contributed by atoms with Crippen LogP contribution in [0.2, 0.25) is 0 Å². The van der Waals surface area contributed by atoms with Gasteiger partial charge in [-0.25, -0.2) is 0 Å². The summed E-state index contributed by atoms with van der Waals surface area (Å²) in [5.41, 5.74) is 0. The van der Waals surface area contributed by atoms with Gasteiger partial charge >= 0.3 is 0 Å². The fourth-order valence-corrected chi connectivity index (χ4v) is 0.362. The Labute approximate surface area is 82.4 Å². The molecule has 2 radical (unpaired) electrons. The minimum absolute atomic E-state index is 0. The van der Waals surface area contributed by atoms with Crippen LogP contribution in [0.25, 0.3) is 0 Å². The van der Waals surface area contributed by atoms with Gasteiger partial charge in [0.2, 0.25) is 0 Å². The first kappa shape index (κ1) is 11.3. The minimum atomic E-state index is 0. The van der Waals surface area contributed by atoms with E-state index in [1.807, 2.05) is 0 Å². The summed E-state index contributed by atoms with van der Waals surface area (Å²) in [5.74, 6) is 0. The van der Waals surface area contributed by atoms with E-state index in [-0.39, 0.29) is 45.5 Å². The van der Waals surface area contributed by atoms with Gasteiger partial charge in [-0.05, 0) is 6.42 Å². The fraction of sp³-hybridized carbons (Fsp3) is 1.00. The minimum Gasteiger partial charge on any atom is -0.396 e. The quantitative estimate of drug-likeness (QED) is 0.497. The Morgan fingerprint density at radius 1 is 1.29 bits per heavy atom. The van der Waals surface area contributed by atoms with Crippen molar-refractivity contribution in [3.8, 4) is 0 Å². The molecule has 0 unspecified atom stereocenters. The van der Waals surface area contributed by atoms with E-state index in [4.69, 9.17) is 5.11 Å². The molecule has 0 bridgehead atoms. The van der Waals surface area contributed by atoms with Crippen LogP contribution in [0.1, 0.15) is 26.2 Å². The smallest absolute Gasteiger partial charge is 0.0431 e. The second-order valence-electron chi connectivity index (χ2n) is 1.43. The van der Waals surface area contributed by atoms with Crippen molar-refractivity contribution < 1.29 is 5.11 Å². The van der Waals surface area contributed by atoms with Crippen LogP contribution in [0.15, 0.2) is 0 Å². The molecule has 2 heteroatoms. The van der Waals surface area contributed by atoms with Gasteiger partial charge in [0.15, 0.2) is 0 Å². The van der Waals surface area contributed by atoms with E-state index in [0.717, 1.165) is 12.8 Å². The van der Waals surface area contributed by atoms with E-state index in [0.29, 0.717) is 6.61 Å². The molecule has 0 spiro atoms. The fourth-order valence-electron chi connectivity index (χ4n) is 0.362. The number of hydrogen-bond acceptors (Lipinski definition) is 1. The predicted molar refractivity (Wildman–Crippen MR) is 32.4 cm³/mol. The van der Waals surface area contributed by atoms with Crippen molar-refractivity contribution in [1.82, 2.24) is 0 Å². The normalized spacial score (nSPS) is 7.71. The van der Waals surface area contributed by atoms with Crippen LogP contribution in [-0.4, -0.2) is 57.2 Å². The molecule has 0 saturated carbocycles. The molecule has 0 heterocycles. The van der Waals surface area contributed by atoms with Crippen LogP contribution in [0.3, 0.4) is 0 Å². The van der Waals surface area contributed by atoms with Crippen molar-refractivity contribution in [2.75, 3.05) is 6.61 Å². The molecule has 0 amide bonds. The van der Waals surface area contributed by atoms with Crippen LogP contribution in [0.5, 0.6) is 0 Å². The molecule has 0 aliphatic heterocycles. The average molecular weight is 176 g/mol. The number of rotatable bonds is 3. The van der Waals surface area contributed by atoms with Gasteiger partial charge in [-0.2, -0.15) is 0 Å². The molecule has 1 N–H and O–H groups in total. The number of aliphatic hydroxyl groups is 1. The topological polar surface area (TPSA) is 20.2 Å². The van der Waals surface area contributed by atoms with E-state index in [1.165, 1.54) is 6.42 Å². The van der Waals surface area contributed by atoms with Crippen molar-refractivity contribution >= 4 is 45.5 Å². The largest absolute Gasteiger partial charge is 0.396 e. The van der Waals surface area contributed by atoms with Crippen molar-refractivity contribution in [1.29, 1.82) is 0 Å². The maximum absolute atomic E-state index is 8.20. The first-order chi connectivity index (χ1) is 2.91. The zero-order valence-electron chi connectivity index (χ0n) is 4.98. The van der Waals surface area contributed by atoms with Crippen LogP contribution in [0.4, 0.5) is 0 Å². The van der Waals surface area contributed by atoms with Gasteiger partial charge in [0.25, 0.3) is 0 Å². The molecule has 0 aromatic carbocycles. The molecule has 0 aliphatic carbocycles. The van der Waals surface area contributed by atoms with Gasteiger partial charge in [-0.15, -0.1) is 0 Å². The molecule has 7 heavy (non-hydrogen) atoms. The zero-order chi connectivity index (χ0) is 4.83. The molecule has 0 atom stereocenters. The maximum Gasteiger partial charge on any atom is 0.0431 e. The summed E-state index contributed by atoms with van der Waals surface area (Å²) in [6.07, 6.45) is 3.33. The summed E-state index contributed by atoms with van der Waals surface area (Å²) in [6, 6.07) is 0. The van der Waals surface area contributed by atoms with E-state index in [2.05, 4.69) is 6.92 Å². The first-order valence-corrected chi connectivity index (χ1v) is 2.52. The number of unbranched alkanes of at least 4 members (excludes halogenated alkanes) is 2. The van der Waals surface area contributed by atoms with Gasteiger partial charge in [0.05, 0.1) is 0 Å². The summed E-state index contributed by atoms with van der Waals surface area (Å²) < 4.78 is 0. The first-order valence-electron chi connectivity index (χ1n) is 2.52. The SMILES string of the molecule is CCCCCO.[Sr]. The average Bonchev–Trinajstić information content (AvgIpc) is 1.61. The van der Waals surface area contributed by atoms with E-state index in [1.54, 1.807) is 0 Å². The van der Waals surface area contributed by atoms with E-state index in [9.17, 15) is 0 Å². The second kappa shape index (κ2) is 10.4. The maximum atomic E-state index is 8.20. The molecule has 0 aromatic heterocycles. The Bertz CT molecular complexity index is 20.0. The Balaban J connectivity index is 0. The molecule has 1 nitrogen and oxygen atoms in total. The van der Waals surface area contributed by atoms with Gasteiger partial charge in [-0.1, -0.05) is 19.8 Å². The Kier molecular flexibility index (Phi) is 16.8. The van der Waals surface area contributed by atoms with E-state index >= 15 is 0 Å². The molecule has 0 aromatic rings. The number of aliphatic hydroxyl groups excluding tert-OH is 1. The summed E-state index contributed by atoms with van der Waals surface area (Å²) >= 11 is 0. The van der Waals surface area contributed by atoms with Crippen molar-refractivity contribution in [2.24, 2.45) is 0 Å². The Morgan fingerprint density at radius 2 is 1.86 bits per heavy atom. The monoisotopic (exact) mass is 176 g/mol. The molecular weight excluding hydrogens is 164 g/mol. The number of hydrogen-bond donors (Lipinski definition) is 1. The van der Waals surface area contributed by atoms with Gasteiger partial charge < -0.3 is 5.11 Å². The standard InChI is InChI=1S/C5H12O.Sr/c1-2-3-4-5-6;/h6H,2-5H2,1H3;. The third-order valence-corrected chi connectivity index (χ3v) is 0.762. The molecule has 0 rings (SSSR count). The zero-order valence-corrected chi connectivity index (χ0v) is 8.46. The molecular formula is C5H12OSr. The van der Waals surface area contributed by atoms with Crippen LogP contribution >= 0.6 is 0 Å². The van der Waals surface area contributed by atoms with Gasteiger partial charge in [0.1, 0.15) is 0 Å². The predicted octanol–water partition coefficient (Wildman–Crippen LogP) is 0.788. The molecule has 0 fully saturated rings. The van der Waals surface area contributed by atoms with Crippen molar-refractivity contribution in [2.45, 2.75) is 26.2 Å². The summed E-state index contributed by atoms with van der Waals surface area (Å²) in [4.78, 5) is 0. The molecule has 0 saturated heterocycles.